The topological polar surface area (TPSA) is 94.8 Å². The zero-order valence-corrected chi connectivity index (χ0v) is 12.6. The van der Waals surface area contributed by atoms with Crippen molar-refractivity contribution in [3.63, 3.8) is 0 Å². The maximum Gasteiger partial charge on any atom is 0.413 e. The number of imide groups is 1. The van der Waals surface area contributed by atoms with E-state index in [1.54, 1.807) is 13.0 Å². The summed E-state index contributed by atoms with van der Waals surface area (Å²) in [4.78, 5) is 34.6. The average molecular weight is 323 g/mol. The molecule has 2 amide bonds. The molecule has 1 heterocycles. The monoisotopic (exact) mass is 323 g/mol. The van der Waals surface area contributed by atoms with Crippen LogP contribution in [0.3, 0.4) is 0 Å². The predicted molar refractivity (Wildman–Crippen MR) is 76.3 cm³/mol. The summed E-state index contributed by atoms with van der Waals surface area (Å²) < 4.78 is 28.0. The van der Waals surface area contributed by atoms with Gasteiger partial charge < -0.3 is 13.9 Å². The molecule has 0 unspecified atom stereocenters. The van der Waals surface area contributed by atoms with Gasteiger partial charge >= 0.3 is 12.1 Å². The molecule has 1 aromatic carbocycles. The average Bonchev–Trinajstić information content (AvgIpc) is 2.86. The standard InChI is InChI=1S/C15H14FNO6/c1-7-9-5-4-6-10(16)12(9)23-11(7)14(19)22-8(2)13(18)17-15(20)21-3/h4-6,8H,1-3H3,(H,17,18,20)/t8-/m1/s1. The molecule has 0 aliphatic rings. The van der Waals surface area contributed by atoms with Gasteiger partial charge in [-0.25, -0.2) is 14.0 Å². The summed E-state index contributed by atoms with van der Waals surface area (Å²) in [5.74, 6) is -2.61. The second kappa shape index (κ2) is 6.47. The van der Waals surface area contributed by atoms with Gasteiger partial charge in [-0.2, -0.15) is 0 Å². The molecule has 7 nitrogen and oxygen atoms in total. The Morgan fingerprint density at radius 2 is 2.00 bits per heavy atom. The smallest absolute Gasteiger partial charge is 0.413 e. The van der Waals surface area contributed by atoms with Gasteiger partial charge in [-0.15, -0.1) is 0 Å². The van der Waals surface area contributed by atoms with Gasteiger partial charge in [-0.3, -0.25) is 10.1 Å². The Bertz CT molecular complexity index is 782. The summed E-state index contributed by atoms with van der Waals surface area (Å²) in [5.41, 5.74) is 0.327. The van der Waals surface area contributed by atoms with Crippen molar-refractivity contribution in [1.82, 2.24) is 5.32 Å². The van der Waals surface area contributed by atoms with Crippen LogP contribution >= 0.6 is 0 Å². The van der Waals surface area contributed by atoms with Crippen molar-refractivity contribution in [3.8, 4) is 0 Å². The van der Waals surface area contributed by atoms with E-state index in [9.17, 15) is 18.8 Å². The Balaban J connectivity index is 2.18. The van der Waals surface area contributed by atoms with Crippen LogP contribution in [0.15, 0.2) is 22.6 Å². The minimum atomic E-state index is -1.26. The molecule has 0 spiro atoms. The van der Waals surface area contributed by atoms with Gasteiger partial charge in [0.2, 0.25) is 5.76 Å². The molecule has 0 fully saturated rings. The van der Waals surface area contributed by atoms with Crippen molar-refractivity contribution < 1.29 is 32.7 Å². The van der Waals surface area contributed by atoms with Gasteiger partial charge in [-0.05, 0) is 19.9 Å². The van der Waals surface area contributed by atoms with E-state index >= 15 is 0 Å². The number of furan rings is 1. The van der Waals surface area contributed by atoms with Gasteiger partial charge in [0.25, 0.3) is 5.91 Å². The summed E-state index contributed by atoms with van der Waals surface area (Å²) in [6.07, 6.45) is -2.24. The molecule has 122 valence electrons. The quantitative estimate of drug-likeness (QED) is 0.871. The second-order valence-electron chi connectivity index (χ2n) is 4.70. The lowest BCUT2D eigenvalue weighted by Gasteiger charge is -2.11. The van der Waals surface area contributed by atoms with E-state index in [2.05, 4.69) is 4.74 Å². The summed E-state index contributed by atoms with van der Waals surface area (Å²) >= 11 is 0. The maximum atomic E-state index is 13.7. The van der Waals surface area contributed by atoms with Crippen molar-refractivity contribution in [2.45, 2.75) is 20.0 Å². The van der Waals surface area contributed by atoms with Gasteiger partial charge in [-0.1, -0.05) is 12.1 Å². The lowest BCUT2D eigenvalue weighted by Crippen LogP contribution is -2.39. The van der Waals surface area contributed by atoms with E-state index in [0.29, 0.717) is 10.9 Å². The highest BCUT2D eigenvalue weighted by atomic mass is 19.1. The van der Waals surface area contributed by atoms with Gasteiger partial charge in [0, 0.05) is 10.9 Å². The number of aryl methyl sites for hydroxylation is 1. The molecule has 0 radical (unpaired) electrons. The molecular weight excluding hydrogens is 309 g/mol. The molecule has 0 bridgehead atoms. The number of nitrogens with one attached hydrogen (secondary N) is 1. The lowest BCUT2D eigenvalue weighted by molar-refractivity contribution is -0.128. The largest absolute Gasteiger partial charge is 0.453 e. The minimum Gasteiger partial charge on any atom is -0.453 e. The highest BCUT2D eigenvalue weighted by Gasteiger charge is 2.25. The number of alkyl carbamates (subject to hydrolysis) is 1. The SMILES string of the molecule is COC(=O)NC(=O)[C@@H](C)OC(=O)c1oc2c(F)cccc2c1C. The fourth-order valence-electron chi connectivity index (χ4n) is 1.92. The molecule has 1 atom stereocenters. The number of ether oxygens (including phenoxy) is 2. The highest BCUT2D eigenvalue weighted by molar-refractivity contribution is 5.99. The van der Waals surface area contributed by atoms with Crippen molar-refractivity contribution in [2.24, 2.45) is 0 Å². The van der Waals surface area contributed by atoms with Crippen molar-refractivity contribution >= 4 is 28.9 Å². The summed E-state index contributed by atoms with van der Waals surface area (Å²) in [7, 11) is 1.09. The number of carbonyl (C=O) groups excluding carboxylic acids is 3. The van der Waals surface area contributed by atoms with Crippen LogP contribution in [-0.2, 0) is 14.3 Å². The van der Waals surface area contributed by atoms with Crippen LogP contribution in [0.2, 0.25) is 0 Å². The zero-order chi connectivity index (χ0) is 17.1. The number of benzene rings is 1. The number of halogens is 1. The fourth-order valence-corrected chi connectivity index (χ4v) is 1.92. The highest BCUT2D eigenvalue weighted by Crippen LogP contribution is 2.27. The Morgan fingerprint density at radius 1 is 1.30 bits per heavy atom. The van der Waals surface area contributed by atoms with Crippen molar-refractivity contribution in [1.29, 1.82) is 0 Å². The number of methoxy groups -OCH3 is 1. The van der Waals surface area contributed by atoms with Crippen LogP contribution in [0.4, 0.5) is 9.18 Å². The van der Waals surface area contributed by atoms with Gasteiger partial charge in [0.05, 0.1) is 7.11 Å². The predicted octanol–water partition coefficient (Wildman–Crippen LogP) is 2.31. The number of carbonyl (C=O) groups is 3. The number of fused-ring (bicyclic) bond motifs is 1. The van der Waals surface area contributed by atoms with Gasteiger partial charge in [0.15, 0.2) is 17.5 Å². The molecule has 0 aliphatic heterocycles. The van der Waals surface area contributed by atoms with E-state index in [1.165, 1.54) is 19.1 Å². The van der Waals surface area contributed by atoms with Crippen LogP contribution in [0.25, 0.3) is 11.0 Å². The molecule has 8 heteroatoms. The van der Waals surface area contributed by atoms with E-state index in [0.717, 1.165) is 7.11 Å². The number of para-hydroxylation sites is 1. The number of esters is 1. The molecule has 0 saturated heterocycles. The summed E-state index contributed by atoms with van der Waals surface area (Å²) in [5, 5.41) is 2.30. The second-order valence-corrected chi connectivity index (χ2v) is 4.70. The molecule has 2 aromatic rings. The van der Waals surface area contributed by atoms with Crippen LogP contribution in [0.5, 0.6) is 0 Å². The number of amides is 2. The molecule has 1 aromatic heterocycles. The molecular formula is C15H14FNO6. The first kappa shape index (κ1) is 16.5. The van der Waals surface area contributed by atoms with Crippen LogP contribution < -0.4 is 5.32 Å². The van der Waals surface area contributed by atoms with E-state index in [1.807, 2.05) is 5.32 Å². The van der Waals surface area contributed by atoms with E-state index in [4.69, 9.17) is 9.15 Å². The Labute approximate surface area is 130 Å². The fraction of sp³-hybridized carbons (Fsp3) is 0.267. The third kappa shape index (κ3) is 3.31. The number of hydrogen-bond acceptors (Lipinski definition) is 6. The first-order valence-electron chi connectivity index (χ1n) is 6.62. The molecule has 2 rings (SSSR count). The molecule has 23 heavy (non-hydrogen) atoms. The molecule has 0 aliphatic carbocycles. The van der Waals surface area contributed by atoms with Crippen LogP contribution in [0.1, 0.15) is 23.0 Å². The summed E-state index contributed by atoms with van der Waals surface area (Å²) in [6.45, 7) is 2.84. The third-order valence-corrected chi connectivity index (χ3v) is 3.16. The van der Waals surface area contributed by atoms with Crippen molar-refractivity contribution in [3.05, 3.63) is 35.3 Å². The minimum absolute atomic E-state index is 0.0661. The first-order chi connectivity index (χ1) is 10.8. The number of hydrogen-bond donors (Lipinski definition) is 1. The molecule has 0 saturated carbocycles. The normalized spacial score (nSPS) is 11.8. The van der Waals surface area contributed by atoms with E-state index < -0.39 is 29.9 Å². The summed E-state index contributed by atoms with van der Waals surface area (Å²) in [6, 6.07) is 4.29. The molecule has 1 N–H and O–H groups in total. The first-order valence-corrected chi connectivity index (χ1v) is 6.62. The van der Waals surface area contributed by atoms with Crippen LogP contribution in [0, 0.1) is 12.7 Å². The lowest BCUT2D eigenvalue weighted by atomic mass is 10.1. The van der Waals surface area contributed by atoms with Gasteiger partial charge in [0.1, 0.15) is 0 Å². The van der Waals surface area contributed by atoms with Crippen molar-refractivity contribution in [2.75, 3.05) is 7.11 Å². The Hall–Kier alpha value is -2.90. The Morgan fingerprint density at radius 3 is 2.61 bits per heavy atom. The third-order valence-electron chi connectivity index (χ3n) is 3.16. The van der Waals surface area contributed by atoms with Crippen LogP contribution in [-0.4, -0.2) is 31.2 Å². The van der Waals surface area contributed by atoms with E-state index in [-0.39, 0.29) is 11.3 Å². The zero-order valence-electron chi connectivity index (χ0n) is 12.6. The number of rotatable bonds is 3. The maximum absolute atomic E-state index is 13.7. The Kier molecular flexibility index (Phi) is 4.63.